The van der Waals surface area contributed by atoms with E-state index in [1.807, 2.05) is 4.90 Å². The Kier molecular flexibility index (Phi) is 6.22. The van der Waals surface area contributed by atoms with Crippen LogP contribution in [0.4, 0.5) is 21.3 Å². The molecule has 2 aromatic heterocycles. The number of thiophene rings is 1. The van der Waals surface area contributed by atoms with Crippen molar-refractivity contribution < 1.29 is 13.9 Å². The summed E-state index contributed by atoms with van der Waals surface area (Å²) in [6, 6.07) is 2.24. The predicted molar refractivity (Wildman–Crippen MR) is 147 cm³/mol. The van der Waals surface area contributed by atoms with Gasteiger partial charge in [0.2, 0.25) is 11.9 Å². The Labute approximate surface area is 236 Å². The number of nitriles is 1. The van der Waals surface area contributed by atoms with Gasteiger partial charge >= 0.3 is 6.01 Å². The Morgan fingerprint density at radius 1 is 1.20 bits per heavy atom. The first-order valence-electron chi connectivity index (χ1n) is 14.0. The first-order valence-corrected chi connectivity index (χ1v) is 14.8. The second-order valence-electron chi connectivity index (χ2n) is 11.8. The van der Waals surface area contributed by atoms with E-state index in [9.17, 15) is 9.65 Å². The topological polar surface area (TPSA) is 121 Å². The summed E-state index contributed by atoms with van der Waals surface area (Å²) >= 11 is 1.53. The largest absolute Gasteiger partial charge is 0.461 e. The molecule has 1 spiro atoms. The fourth-order valence-corrected chi connectivity index (χ4v) is 8.49. The Bertz CT molecular complexity index is 1400. The number of aromatic nitrogens is 3. The minimum atomic E-state index is -0.839. The van der Waals surface area contributed by atoms with Crippen LogP contribution in [0.2, 0.25) is 0 Å². The summed E-state index contributed by atoms with van der Waals surface area (Å²) in [7, 11) is 0. The van der Waals surface area contributed by atoms with Crippen molar-refractivity contribution >= 4 is 28.2 Å². The van der Waals surface area contributed by atoms with Gasteiger partial charge < -0.3 is 29.9 Å². The molecular formula is C27H32FN9O2S. The fourth-order valence-electron chi connectivity index (χ4n) is 7.35. The van der Waals surface area contributed by atoms with Gasteiger partial charge in [0.25, 0.3) is 6.04 Å². The molecule has 0 aromatic carbocycles. The van der Waals surface area contributed by atoms with E-state index in [0.717, 1.165) is 37.8 Å². The normalized spacial score (nSPS) is 29.0. The van der Waals surface area contributed by atoms with Gasteiger partial charge in [0.1, 0.15) is 30.5 Å². The third-order valence-electron chi connectivity index (χ3n) is 9.29. The maximum absolute atomic E-state index is 14.3. The van der Waals surface area contributed by atoms with E-state index in [-0.39, 0.29) is 23.0 Å². The molecule has 4 saturated heterocycles. The first-order chi connectivity index (χ1) is 19.4. The van der Waals surface area contributed by atoms with Crippen molar-refractivity contribution in [3.05, 3.63) is 27.4 Å². The number of fused-ring (bicyclic) bond motifs is 3. The van der Waals surface area contributed by atoms with Crippen LogP contribution in [-0.4, -0.2) is 96.7 Å². The molecule has 6 heterocycles. The van der Waals surface area contributed by atoms with Crippen LogP contribution < -0.4 is 20.3 Å². The maximum Gasteiger partial charge on any atom is 0.323 e. The summed E-state index contributed by atoms with van der Waals surface area (Å²) in [5, 5.41) is 10.4. The van der Waals surface area contributed by atoms with E-state index in [2.05, 4.69) is 25.7 Å². The van der Waals surface area contributed by atoms with E-state index in [0.29, 0.717) is 81.4 Å². The number of nitrogens with two attached hydrogens (primary N) is 1. The molecule has 2 aromatic rings. The molecule has 5 aliphatic rings. The second-order valence-corrected chi connectivity index (χ2v) is 12.9. The third-order valence-corrected chi connectivity index (χ3v) is 10.4. The highest BCUT2D eigenvalue weighted by atomic mass is 32.1. The zero-order valence-electron chi connectivity index (χ0n) is 22.3. The molecule has 11 nitrogen and oxygen atoms in total. The lowest BCUT2D eigenvalue weighted by Crippen LogP contribution is -2.59. The SMILES string of the molecule is [C-]#[N+]C1COCCN(c2nc(OC[C@@]34CCCN3C[C@H](F)C4)nc(N3CC4(CCc5sc(N)c(C#N)c54)C3)n2)C1. The Balaban J connectivity index is 1.17. The Morgan fingerprint density at radius 2 is 2.02 bits per heavy atom. The molecule has 1 aliphatic carbocycles. The molecule has 40 heavy (non-hydrogen) atoms. The lowest BCUT2D eigenvalue weighted by molar-refractivity contribution is 0.107. The van der Waals surface area contributed by atoms with Crippen molar-refractivity contribution in [1.82, 2.24) is 19.9 Å². The van der Waals surface area contributed by atoms with E-state index in [1.54, 1.807) is 0 Å². The van der Waals surface area contributed by atoms with Crippen molar-refractivity contribution in [2.75, 3.05) is 74.6 Å². The van der Waals surface area contributed by atoms with Crippen molar-refractivity contribution in [3.8, 4) is 12.1 Å². The number of alkyl halides is 1. The van der Waals surface area contributed by atoms with Crippen LogP contribution in [-0.2, 0) is 16.6 Å². The number of rotatable bonds is 5. The van der Waals surface area contributed by atoms with E-state index in [1.165, 1.54) is 16.2 Å². The summed E-state index contributed by atoms with van der Waals surface area (Å²) in [5.41, 5.74) is 7.45. The molecule has 0 radical (unpaired) electrons. The minimum Gasteiger partial charge on any atom is -0.461 e. The molecular weight excluding hydrogens is 533 g/mol. The van der Waals surface area contributed by atoms with Gasteiger partial charge in [-0.05, 0) is 37.8 Å². The zero-order chi connectivity index (χ0) is 27.5. The van der Waals surface area contributed by atoms with Gasteiger partial charge in [-0.15, -0.1) is 11.3 Å². The summed E-state index contributed by atoms with van der Waals surface area (Å²) < 4.78 is 26.2. The molecule has 2 N–H and O–H groups in total. The molecule has 210 valence electrons. The molecule has 4 aliphatic heterocycles. The number of hydrogen-bond acceptors (Lipinski definition) is 11. The highest BCUT2D eigenvalue weighted by Gasteiger charge is 2.52. The number of nitrogens with zero attached hydrogens (tertiary/aromatic N) is 8. The lowest BCUT2D eigenvalue weighted by atomic mass is 9.74. The van der Waals surface area contributed by atoms with Crippen LogP contribution in [0, 0.1) is 17.9 Å². The van der Waals surface area contributed by atoms with Gasteiger partial charge in [-0.1, -0.05) is 0 Å². The quantitative estimate of drug-likeness (QED) is 0.540. The lowest BCUT2D eigenvalue weighted by Gasteiger charge is -2.48. The van der Waals surface area contributed by atoms with E-state index < -0.39 is 6.17 Å². The predicted octanol–water partition coefficient (Wildman–Crippen LogP) is 2.17. The first kappa shape index (κ1) is 25.7. The summed E-state index contributed by atoms with van der Waals surface area (Å²) in [6.45, 7) is 12.5. The Morgan fingerprint density at radius 3 is 2.83 bits per heavy atom. The molecule has 1 unspecified atom stereocenters. The number of ether oxygens (including phenoxy) is 2. The average Bonchev–Trinajstić information content (AvgIpc) is 3.59. The van der Waals surface area contributed by atoms with Crippen molar-refractivity contribution in [2.45, 2.75) is 55.3 Å². The highest BCUT2D eigenvalue weighted by molar-refractivity contribution is 7.16. The summed E-state index contributed by atoms with van der Waals surface area (Å²) in [4.78, 5) is 25.5. The van der Waals surface area contributed by atoms with Crippen LogP contribution in [0.15, 0.2) is 0 Å². The van der Waals surface area contributed by atoms with Crippen LogP contribution in [0.1, 0.15) is 41.7 Å². The van der Waals surface area contributed by atoms with Crippen molar-refractivity contribution in [3.63, 3.8) is 0 Å². The summed E-state index contributed by atoms with van der Waals surface area (Å²) in [6.07, 6.45) is 3.46. The number of anilines is 3. The third kappa shape index (κ3) is 4.14. The van der Waals surface area contributed by atoms with Gasteiger partial charge in [0, 0.05) is 42.9 Å². The number of aryl methyl sites for hydroxylation is 1. The minimum absolute atomic E-state index is 0.128. The van der Waals surface area contributed by atoms with Gasteiger partial charge in [-0.2, -0.15) is 20.2 Å². The fraction of sp³-hybridized carbons (Fsp3) is 0.667. The molecule has 4 fully saturated rings. The molecule has 0 saturated carbocycles. The molecule has 7 rings (SSSR count). The number of halogens is 1. The highest BCUT2D eigenvalue weighted by Crippen LogP contribution is 2.52. The number of nitrogen functional groups attached to an aromatic ring is 1. The van der Waals surface area contributed by atoms with Gasteiger partial charge in [-0.25, -0.2) is 11.0 Å². The smallest absolute Gasteiger partial charge is 0.323 e. The maximum atomic E-state index is 14.3. The van der Waals surface area contributed by atoms with Crippen molar-refractivity contribution in [2.24, 2.45) is 0 Å². The Hall–Kier alpha value is -3.26. The second kappa shape index (κ2) is 9.68. The summed E-state index contributed by atoms with van der Waals surface area (Å²) in [5.74, 6) is 0.973. The van der Waals surface area contributed by atoms with Gasteiger partial charge in [0.05, 0.1) is 24.3 Å². The van der Waals surface area contributed by atoms with Crippen LogP contribution >= 0.6 is 11.3 Å². The van der Waals surface area contributed by atoms with Gasteiger partial charge in [0.15, 0.2) is 0 Å². The van der Waals surface area contributed by atoms with Crippen LogP contribution in [0.25, 0.3) is 4.85 Å². The molecule has 13 heteroatoms. The number of hydrogen-bond donors (Lipinski definition) is 1. The molecule has 3 atom stereocenters. The van der Waals surface area contributed by atoms with Crippen LogP contribution in [0.5, 0.6) is 6.01 Å². The van der Waals surface area contributed by atoms with Crippen molar-refractivity contribution in [1.29, 1.82) is 5.26 Å². The van der Waals surface area contributed by atoms with Gasteiger partial charge in [-0.3, -0.25) is 4.90 Å². The average molecular weight is 566 g/mol. The molecule has 0 bridgehead atoms. The zero-order valence-corrected chi connectivity index (χ0v) is 23.1. The van der Waals surface area contributed by atoms with Crippen LogP contribution in [0.3, 0.4) is 0 Å². The van der Waals surface area contributed by atoms with E-state index >= 15 is 0 Å². The standard InChI is InChI=1S/C27H32FN9O2S/c1-31-18-12-35(7-8-38-13-18)23-32-24(34-25(33-23)39-16-27-4-2-6-37(27)11-17(28)9-27)36-14-26(15-36)5-3-20-21(26)19(10-29)22(30)40-20/h17-18H,2-9,11-16,30H2/t17-,18?,27+/m1/s1. The molecule has 0 amide bonds. The monoisotopic (exact) mass is 565 g/mol. The van der Waals surface area contributed by atoms with E-state index in [4.69, 9.17) is 31.7 Å².